The molecular formula is C11H14FNO2. The molecule has 0 fully saturated rings. The third-order valence-electron chi connectivity index (χ3n) is 1.86. The van der Waals surface area contributed by atoms with E-state index in [9.17, 15) is 4.39 Å². The van der Waals surface area contributed by atoms with E-state index in [0.29, 0.717) is 17.9 Å². The van der Waals surface area contributed by atoms with Gasteiger partial charge in [0.25, 0.3) is 0 Å². The van der Waals surface area contributed by atoms with Crippen LogP contribution in [0.25, 0.3) is 6.08 Å². The minimum atomic E-state index is -0.399. The molecule has 4 heteroatoms. The standard InChI is InChI=1S/C11H14FNO2/c1-3-15-5-4-8-6-11(14-2)10(13)7-9(8)12/h4-7H,3,13H2,1-2H3/b5-4+. The Hall–Kier alpha value is -1.71. The molecule has 0 heterocycles. The summed E-state index contributed by atoms with van der Waals surface area (Å²) >= 11 is 0. The summed E-state index contributed by atoms with van der Waals surface area (Å²) in [4.78, 5) is 0. The fraction of sp³-hybridized carbons (Fsp3) is 0.273. The van der Waals surface area contributed by atoms with Crippen LogP contribution in [0.1, 0.15) is 12.5 Å². The van der Waals surface area contributed by atoms with Gasteiger partial charge in [-0.05, 0) is 19.1 Å². The average molecular weight is 211 g/mol. The van der Waals surface area contributed by atoms with Gasteiger partial charge < -0.3 is 15.2 Å². The van der Waals surface area contributed by atoms with E-state index < -0.39 is 5.82 Å². The van der Waals surface area contributed by atoms with E-state index in [1.165, 1.54) is 31.6 Å². The average Bonchev–Trinajstić information content (AvgIpc) is 2.21. The number of halogens is 1. The van der Waals surface area contributed by atoms with Crippen LogP contribution in [0, 0.1) is 5.82 Å². The Bertz CT molecular complexity index is 364. The number of rotatable bonds is 4. The predicted molar refractivity (Wildman–Crippen MR) is 58.0 cm³/mol. The van der Waals surface area contributed by atoms with Crippen LogP contribution in [0.2, 0.25) is 0 Å². The number of ether oxygens (including phenoxy) is 2. The van der Waals surface area contributed by atoms with Crippen molar-refractivity contribution >= 4 is 11.8 Å². The number of benzene rings is 1. The smallest absolute Gasteiger partial charge is 0.142 e. The van der Waals surface area contributed by atoms with Gasteiger partial charge in [0, 0.05) is 11.6 Å². The molecule has 0 unspecified atom stereocenters. The molecule has 0 spiro atoms. The van der Waals surface area contributed by atoms with Crippen molar-refractivity contribution in [1.29, 1.82) is 0 Å². The first-order valence-corrected chi connectivity index (χ1v) is 4.60. The first-order chi connectivity index (χ1) is 7.19. The van der Waals surface area contributed by atoms with Gasteiger partial charge in [-0.2, -0.15) is 0 Å². The van der Waals surface area contributed by atoms with Gasteiger partial charge in [-0.15, -0.1) is 0 Å². The normalized spacial score (nSPS) is 10.6. The summed E-state index contributed by atoms with van der Waals surface area (Å²) in [6, 6.07) is 2.75. The van der Waals surface area contributed by atoms with E-state index in [1.54, 1.807) is 0 Å². The molecule has 0 atom stereocenters. The third kappa shape index (κ3) is 2.87. The second-order valence-electron chi connectivity index (χ2n) is 2.87. The van der Waals surface area contributed by atoms with E-state index >= 15 is 0 Å². The van der Waals surface area contributed by atoms with Crippen molar-refractivity contribution in [2.75, 3.05) is 19.5 Å². The zero-order valence-electron chi connectivity index (χ0n) is 8.79. The van der Waals surface area contributed by atoms with E-state index in [4.69, 9.17) is 15.2 Å². The van der Waals surface area contributed by atoms with Crippen LogP contribution >= 0.6 is 0 Å². The Morgan fingerprint density at radius 3 is 2.80 bits per heavy atom. The first-order valence-electron chi connectivity index (χ1n) is 4.60. The molecule has 0 aliphatic heterocycles. The van der Waals surface area contributed by atoms with Crippen molar-refractivity contribution in [1.82, 2.24) is 0 Å². The Kier molecular flexibility index (Phi) is 3.97. The summed E-state index contributed by atoms with van der Waals surface area (Å²) in [6.45, 7) is 2.40. The minimum Gasteiger partial charge on any atom is -0.501 e. The highest BCUT2D eigenvalue weighted by molar-refractivity contribution is 5.61. The molecule has 1 rings (SSSR count). The molecule has 0 saturated heterocycles. The highest BCUT2D eigenvalue weighted by atomic mass is 19.1. The summed E-state index contributed by atoms with van der Waals surface area (Å²) < 4.78 is 23.3. The lowest BCUT2D eigenvalue weighted by Gasteiger charge is -2.06. The lowest BCUT2D eigenvalue weighted by atomic mass is 10.1. The molecule has 1 aromatic rings. The van der Waals surface area contributed by atoms with Crippen molar-refractivity contribution in [2.24, 2.45) is 0 Å². The summed E-state index contributed by atoms with van der Waals surface area (Å²) in [7, 11) is 1.49. The van der Waals surface area contributed by atoms with Gasteiger partial charge in [0.1, 0.15) is 11.6 Å². The Labute approximate surface area is 88.3 Å². The summed E-state index contributed by atoms with van der Waals surface area (Å²) in [6.07, 6.45) is 2.97. The number of anilines is 1. The number of hydrogen-bond acceptors (Lipinski definition) is 3. The molecule has 0 saturated carbocycles. The van der Waals surface area contributed by atoms with Crippen molar-refractivity contribution in [2.45, 2.75) is 6.92 Å². The lowest BCUT2D eigenvalue weighted by molar-refractivity contribution is 0.272. The zero-order valence-corrected chi connectivity index (χ0v) is 8.79. The van der Waals surface area contributed by atoms with Gasteiger partial charge in [-0.1, -0.05) is 0 Å². The van der Waals surface area contributed by atoms with E-state index in [0.717, 1.165) is 0 Å². The maximum absolute atomic E-state index is 13.4. The first kappa shape index (κ1) is 11.4. The molecule has 0 amide bonds. The molecule has 0 aliphatic carbocycles. The molecule has 0 aliphatic rings. The zero-order chi connectivity index (χ0) is 11.3. The second kappa shape index (κ2) is 5.24. The molecule has 2 N–H and O–H groups in total. The molecule has 0 aromatic heterocycles. The maximum Gasteiger partial charge on any atom is 0.142 e. The van der Waals surface area contributed by atoms with Crippen LogP contribution in [0.15, 0.2) is 18.4 Å². The molecule has 1 aromatic carbocycles. The van der Waals surface area contributed by atoms with Gasteiger partial charge in [-0.25, -0.2) is 4.39 Å². The van der Waals surface area contributed by atoms with Crippen molar-refractivity contribution < 1.29 is 13.9 Å². The fourth-order valence-corrected chi connectivity index (χ4v) is 1.11. The molecule has 82 valence electrons. The lowest BCUT2D eigenvalue weighted by Crippen LogP contribution is -1.95. The highest BCUT2D eigenvalue weighted by Crippen LogP contribution is 2.25. The summed E-state index contributed by atoms with van der Waals surface area (Å²) in [5.41, 5.74) is 6.20. The molecule has 0 radical (unpaired) electrons. The number of nitrogen functional groups attached to an aromatic ring is 1. The Morgan fingerprint density at radius 1 is 1.47 bits per heavy atom. The maximum atomic E-state index is 13.4. The summed E-state index contributed by atoms with van der Waals surface area (Å²) in [5.74, 6) is 0.0526. The van der Waals surface area contributed by atoms with Crippen LogP contribution in [0.5, 0.6) is 5.75 Å². The van der Waals surface area contributed by atoms with Crippen molar-refractivity contribution in [3.8, 4) is 5.75 Å². The van der Waals surface area contributed by atoms with Gasteiger partial charge in [0.05, 0.1) is 25.7 Å². The van der Waals surface area contributed by atoms with Crippen LogP contribution in [0.3, 0.4) is 0 Å². The minimum absolute atomic E-state index is 0.281. The van der Waals surface area contributed by atoms with Gasteiger partial charge in [0.15, 0.2) is 0 Å². The van der Waals surface area contributed by atoms with Gasteiger partial charge >= 0.3 is 0 Å². The number of nitrogens with two attached hydrogens (primary N) is 1. The number of methoxy groups -OCH3 is 1. The van der Waals surface area contributed by atoms with Crippen molar-refractivity contribution in [3.05, 3.63) is 29.8 Å². The summed E-state index contributed by atoms with van der Waals surface area (Å²) in [5, 5.41) is 0. The largest absolute Gasteiger partial charge is 0.501 e. The SMILES string of the molecule is CCO/C=C/c1cc(OC)c(N)cc1F. The van der Waals surface area contributed by atoms with Crippen molar-refractivity contribution in [3.63, 3.8) is 0 Å². The monoisotopic (exact) mass is 211 g/mol. The van der Waals surface area contributed by atoms with E-state index in [-0.39, 0.29) is 5.69 Å². The topological polar surface area (TPSA) is 44.5 Å². The fourth-order valence-electron chi connectivity index (χ4n) is 1.11. The molecule has 15 heavy (non-hydrogen) atoms. The van der Waals surface area contributed by atoms with Crippen LogP contribution < -0.4 is 10.5 Å². The van der Waals surface area contributed by atoms with Crippen LogP contribution in [-0.2, 0) is 4.74 Å². The molecule has 3 nitrogen and oxygen atoms in total. The Morgan fingerprint density at radius 2 is 2.20 bits per heavy atom. The van der Waals surface area contributed by atoms with E-state index in [1.807, 2.05) is 6.92 Å². The predicted octanol–water partition coefficient (Wildman–Crippen LogP) is 2.42. The van der Waals surface area contributed by atoms with Crippen LogP contribution in [0.4, 0.5) is 10.1 Å². The number of hydrogen-bond donors (Lipinski definition) is 1. The molecular weight excluding hydrogens is 197 g/mol. The van der Waals surface area contributed by atoms with Gasteiger partial charge in [0.2, 0.25) is 0 Å². The van der Waals surface area contributed by atoms with Gasteiger partial charge in [-0.3, -0.25) is 0 Å². The Balaban J connectivity index is 2.97. The third-order valence-corrected chi connectivity index (χ3v) is 1.86. The van der Waals surface area contributed by atoms with Crippen LogP contribution in [-0.4, -0.2) is 13.7 Å². The second-order valence-corrected chi connectivity index (χ2v) is 2.87. The quantitative estimate of drug-likeness (QED) is 0.614. The highest BCUT2D eigenvalue weighted by Gasteiger charge is 2.05. The molecule has 0 bridgehead atoms. The van der Waals surface area contributed by atoms with E-state index in [2.05, 4.69) is 0 Å².